The number of amides is 1. The molecule has 0 radical (unpaired) electrons. The Labute approximate surface area is 93.2 Å². The van der Waals surface area contributed by atoms with Crippen LogP contribution in [-0.2, 0) is 0 Å². The van der Waals surface area contributed by atoms with Gasteiger partial charge in [-0.15, -0.1) is 0 Å². The van der Waals surface area contributed by atoms with E-state index in [2.05, 4.69) is 15.2 Å². The normalized spacial score (nSPS) is 27.1. The second kappa shape index (κ2) is 3.28. The highest BCUT2D eigenvalue weighted by Gasteiger charge is 2.51. The van der Waals surface area contributed by atoms with Crippen molar-refractivity contribution in [1.82, 2.24) is 20.1 Å². The highest BCUT2D eigenvalue weighted by molar-refractivity contribution is 5.91. The van der Waals surface area contributed by atoms with E-state index in [-0.39, 0.29) is 17.4 Å². The Balaban J connectivity index is 1.67. The van der Waals surface area contributed by atoms with Crippen molar-refractivity contribution >= 4 is 5.91 Å². The second-order valence-electron chi connectivity index (χ2n) is 4.86. The van der Waals surface area contributed by atoms with Gasteiger partial charge in [-0.1, -0.05) is 6.42 Å². The average molecular weight is 221 g/mol. The number of H-pyrrole nitrogens is 1. The molecule has 3 rings (SSSR count). The van der Waals surface area contributed by atoms with E-state index in [1.165, 1.54) is 12.7 Å². The Hall–Kier alpha value is -1.43. The van der Waals surface area contributed by atoms with Gasteiger partial charge in [0.2, 0.25) is 5.82 Å². The Kier molecular flexibility index (Phi) is 2.00. The topological polar surface area (TPSA) is 87.9 Å². The molecule has 0 bridgehead atoms. The van der Waals surface area contributed by atoms with Gasteiger partial charge in [0.1, 0.15) is 6.33 Å². The second-order valence-corrected chi connectivity index (χ2v) is 4.86. The molecule has 2 heterocycles. The average Bonchev–Trinajstić information content (AvgIpc) is 2.82. The van der Waals surface area contributed by atoms with Gasteiger partial charge in [-0.3, -0.25) is 9.89 Å². The molecule has 2 fully saturated rings. The van der Waals surface area contributed by atoms with E-state index in [1.807, 2.05) is 0 Å². The summed E-state index contributed by atoms with van der Waals surface area (Å²) in [7, 11) is 0. The Morgan fingerprint density at radius 3 is 3.00 bits per heavy atom. The number of aromatic nitrogens is 3. The zero-order valence-corrected chi connectivity index (χ0v) is 9.02. The lowest BCUT2D eigenvalue weighted by molar-refractivity contribution is 0.000533. The van der Waals surface area contributed by atoms with Crippen LogP contribution in [0, 0.1) is 5.41 Å². The standard InChI is InChI=1S/C10H15N5O/c11-7-2-1-3-10(7)4-15(5-10)9(16)8-12-6-13-14-8/h6-7H,1-5,11H2,(H,12,13,14). The maximum absolute atomic E-state index is 11.9. The van der Waals surface area contributed by atoms with Crippen LogP contribution in [-0.4, -0.2) is 45.1 Å². The SMILES string of the molecule is NC1CCCC12CN(C(=O)c1ncn[nH]1)C2. The maximum atomic E-state index is 11.9. The van der Waals surface area contributed by atoms with Gasteiger partial charge in [0.25, 0.3) is 5.91 Å². The summed E-state index contributed by atoms with van der Waals surface area (Å²) in [6, 6.07) is 0.256. The van der Waals surface area contributed by atoms with Crippen LogP contribution in [0.5, 0.6) is 0 Å². The Morgan fingerprint density at radius 2 is 2.44 bits per heavy atom. The molecule has 1 unspecified atom stereocenters. The fourth-order valence-electron chi connectivity index (χ4n) is 2.87. The number of nitrogens with one attached hydrogen (secondary N) is 1. The largest absolute Gasteiger partial charge is 0.335 e. The number of rotatable bonds is 1. The van der Waals surface area contributed by atoms with E-state index in [1.54, 1.807) is 4.90 Å². The van der Waals surface area contributed by atoms with E-state index in [0.29, 0.717) is 5.82 Å². The fraction of sp³-hybridized carbons (Fsp3) is 0.700. The summed E-state index contributed by atoms with van der Waals surface area (Å²) >= 11 is 0. The van der Waals surface area contributed by atoms with Crippen molar-refractivity contribution in [3.05, 3.63) is 12.2 Å². The number of hydrogen-bond acceptors (Lipinski definition) is 4. The Morgan fingerprint density at radius 1 is 1.62 bits per heavy atom. The van der Waals surface area contributed by atoms with Crippen LogP contribution in [0.3, 0.4) is 0 Å². The molecule has 16 heavy (non-hydrogen) atoms. The summed E-state index contributed by atoms with van der Waals surface area (Å²) in [6.45, 7) is 1.54. The van der Waals surface area contributed by atoms with Crippen LogP contribution < -0.4 is 5.73 Å². The van der Waals surface area contributed by atoms with Gasteiger partial charge in [0, 0.05) is 24.5 Å². The highest BCUT2D eigenvalue weighted by atomic mass is 16.2. The molecule has 3 N–H and O–H groups in total. The predicted octanol–water partition coefficient (Wildman–Crippen LogP) is -0.242. The maximum Gasteiger partial charge on any atom is 0.291 e. The molecule has 6 heteroatoms. The quantitative estimate of drug-likeness (QED) is 0.685. The molecule has 1 aromatic heterocycles. The molecule has 1 atom stereocenters. The van der Waals surface area contributed by atoms with Gasteiger partial charge in [-0.25, -0.2) is 4.98 Å². The van der Waals surface area contributed by atoms with E-state index >= 15 is 0 Å². The van der Waals surface area contributed by atoms with Crippen molar-refractivity contribution in [3.8, 4) is 0 Å². The molecule has 6 nitrogen and oxygen atoms in total. The number of nitrogens with zero attached hydrogens (tertiary/aromatic N) is 3. The van der Waals surface area contributed by atoms with Crippen molar-refractivity contribution in [2.45, 2.75) is 25.3 Å². The number of aromatic amines is 1. The molecule has 1 spiro atoms. The molecule has 1 saturated carbocycles. The van der Waals surface area contributed by atoms with E-state index < -0.39 is 0 Å². The van der Waals surface area contributed by atoms with Crippen LogP contribution in [0.15, 0.2) is 6.33 Å². The molecule has 1 aliphatic carbocycles. The van der Waals surface area contributed by atoms with Crippen molar-refractivity contribution in [2.24, 2.45) is 11.1 Å². The third-order valence-corrected chi connectivity index (χ3v) is 3.89. The molecule has 0 aromatic carbocycles. The van der Waals surface area contributed by atoms with Crippen LogP contribution in [0.1, 0.15) is 29.9 Å². The van der Waals surface area contributed by atoms with Gasteiger partial charge in [0.15, 0.2) is 0 Å². The first kappa shape index (κ1) is 9.77. The van der Waals surface area contributed by atoms with Crippen molar-refractivity contribution in [3.63, 3.8) is 0 Å². The molecular weight excluding hydrogens is 206 g/mol. The minimum atomic E-state index is -0.0674. The van der Waals surface area contributed by atoms with E-state index in [4.69, 9.17) is 5.73 Å². The molecule has 1 aliphatic heterocycles. The van der Waals surface area contributed by atoms with Crippen LogP contribution in [0.4, 0.5) is 0 Å². The first-order chi connectivity index (χ1) is 7.71. The van der Waals surface area contributed by atoms with Gasteiger partial charge < -0.3 is 10.6 Å². The third kappa shape index (κ3) is 1.26. The smallest absolute Gasteiger partial charge is 0.291 e. The first-order valence-corrected chi connectivity index (χ1v) is 5.61. The number of hydrogen-bond donors (Lipinski definition) is 2. The van der Waals surface area contributed by atoms with Gasteiger partial charge >= 0.3 is 0 Å². The van der Waals surface area contributed by atoms with Crippen molar-refractivity contribution in [2.75, 3.05) is 13.1 Å². The summed E-state index contributed by atoms with van der Waals surface area (Å²) < 4.78 is 0. The highest BCUT2D eigenvalue weighted by Crippen LogP contribution is 2.44. The van der Waals surface area contributed by atoms with Gasteiger partial charge in [-0.2, -0.15) is 5.10 Å². The summed E-state index contributed by atoms with van der Waals surface area (Å²) in [5.41, 5.74) is 6.27. The molecule has 2 aliphatic rings. The van der Waals surface area contributed by atoms with Crippen molar-refractivity contribution in [1.29, 1.82) is 0 Å². The van der Waals surface area contributed by atoms with Crippen LogP contribution >= 0.6 is 0 Å². The zero-order chi connectivity index (χ0) is 11.2. The van der Waals surface area contributed by atoms with Crippen LogP contribution in [0.2, 0.25) is 0 Å². The monoisotopic (exact) mass is 221 g/mol. The lowest BCUT2D eigenvalue weighted by Crippen LogP contribution is -2.63. The van der Waals surface area contributed by atoms with Crippen molar-refractivity contribution < 1.29 is 4.79 Å². The third-order valence-electron chi connectivity index (χ3n) is 3.89. The molecule has 86 valence electrons. The summed E-state index contributed by atoms with van der Waals surface area (Å²) in [5, 5.41) is 6.27. The van der Waals surface area contributed by atoms with E-state index in [9.17, 15) is 4.79 Å². The zero-order valence-electron chi connectivity index (χ0n) is 9.02. The number of nitrogens with two attached hydrogens (primary N) is 1. The first-order valence-electron chi connectivity index (χ1n) is 5.61. The summed E-state index contributed by atoms with van der Waals surface area (Å²) in [5.74, 6) is 0.253. The van der Waals surface area contributed by atoms with Crippen LogP contribution in [0.25, 0.3) is 0 Å². The lowest BCUT2D eigenvalue weighted by atomic mass is 9.75. The molecule has 1 saturated heterocycles. The minimum absolute atomic E-state index is 0.0674. The van der Waals surface area contributed by atoms with Gasteiger partial charge in [-0.05, 0) is 12.8 Å². The summed E-state index contributed by atoms with van der Waals surface area (Å²) in [6.07, 6.45) is 4.77. The predicted molar refractivity (Wildman–Crippen MR) is 56.5 cm³/mol. The summed E-state index contributed by atoms with van der Waals surface area (Å²) in [4.78, 5) is 17.5. The Bertz CT molecular complexity index is 395. The minimum Gasteiger partial charge on any atom is -0.335 e. The van der Waals surface area contributed by atoms with Gasteiger partial charge in [0.05, 0.1) is 0 Å². The number of carbonyl (C=O) groups is 1. The molecular formula is C10H15N5O. The van der Waals surface area contributed by atoms with E-state index in [0.717, 1.165) is 25.9 Å². The number of likely N-dealkylation sites (tertiary alicyclic amines) is 1. The fourth-order valence-corrected chi connectivity index (χ4v) is 2.87. The molecule has 1 aromatic rings. The lowest BCUT2D eigenvalue weighted by Gasteiger charge is -2.50. The number of carbonyl (C=O) groups excluding carboxylic acids is 1. The molecule has 1 amide bonds.